The summed E-state index contributed by atoms with van der Waals surface area (Å²) in [7, 11) is 0. The highest BCUT2D eigenvalue weighted by atomic mass is 32.1. The summed E-state index contributed by atoms with van der Waals surface area (Å²) in [6.45, 7) is 0. The summed E-state index contributed by atoms with van der Waals surface area (Å²) in [5, 5.41) is 10.8. The molecule has 2 N–H and O–H groups in total. The summed E-state index contributed by atoms with van der Waals surface area (Å²) in [5.74, 6) is 0. The Bertz CT molecular complexity index is 246. The first kappa shape index (κ1) is 7.28. The molecule has 1 atom stereocenters. The Balaban J connectivity index is 2.18. The first-order valence-corrected chi connectivity index (χ1v) is 4.73. The van der Waals surface area contributed by atoms with Crippen LogP contribution in [0, 0.1) is 0 Å². The van der Waals surface area contributed by atoms with Gasteiger partial charge < -0.3 is 5.21 Å². The molecule has 0 aromatic carbocycles. The fourth-order valence-electron chi connectivity index (χ4n) is 1.55. The van der Waals surface area contributed by atoms with E-state index >= 15 is 0 Å². The van der Waals surface area contributed by atoms with Gasteiger partial charge in [-0.2, -0.15) is 0 Å². The first-order chi connectivity index (χ1) is 5.40. The monoisotopic (exact) mass is 169 g/mol. The molecule has 1 aliphatic rings. The maximum absolute atomic E-state index is 8.71. The minimum absolute atomic E-state index is 0.275. The summed E-state index contributed by atoms with van der Waals surface area (Å²) in [6.07, 6.45) is 3.16. The third kappa shape index (κ3) is 1.31. The second-order valence-corrected chi connectivity index (χ2v) is 3.94. The third-order valence-electron chi connectivity index (χ3n) is 2.21. The van der Waals surface area contributed by atoms with Crippen molar-refractivity contribution in [3.63, 3.8) is 0 Å². The number of hydrogen-bond donors (Lipinski definition) is 2. The maximum Gasteiger partial charge on any atom is 0.0363 e. The van der Waals surface area contributed by atoms with Crippen LogP contribution >= 0.6 is 11.3 Å². The van der Waals surface area contributed by atoms with E-state index in [1.54, 1.807) is 0 Å². The molecule has 0 amide bonds. The van der Waals surface area contributed by atoms with Gasteiger partial charge in [0.05, 0.1) is 0 Å². The zero-order valence-electron chi connectivity index (χ0n) is 6.21. The fourth-order valence-corrected chi connectivity index (χ4v) is 2.49. The Labute approximate surface area is 69.8 Å². The molecular weight excluding hydrogens is 158 g/mol. The zero-order valence-corrected chi connectivity index (χ0v) is 7.03. The van der Waals surface area contributed by atoms with Gasteiger partial charge in [0.15, 0.2) is 0 Å². The summed E-state index contributed by atoms with van der Waals surface area (Å²) in [5.41, 5.74) is 3.75. The van der Waals surface area contributed by atoms with Gasteiger partial charge in [0.25, 0.3) is 0 Å². The van der Waals surface area contributed by atoms with Crippen LogP contribution in [0.2, 0.25) is 0 Å². The Morgan fingerprint density at radius 2 is 2.55 bits per heavy atom. The molecule has 1 aromatic rings. The van der Waals surface area contributed by atoms with Crippen molar-refractivity contribution in [2.45, 2.75) is 25.3 Å². The van der Waals surface area contributed by atoms with Crippen LogP contribution in [-0.2, 0) is 12.8 Å². The fraction of sp³-hybridized carbons (Fsp3) is 0.500. The lowest BCUT2D eigenvalue weighted by Gasteiger charge is -2.19. The number of thiophene rings is 1. The van der Waals surface area contributed by atoms with Crippen LogP contribution in [0.5, 0.6) is 0 Å². The van der Waals surface area contributed by atoms with E-state index in [1.807, 2.05) is 11.3 Å². The molecule has 1 aromatic heterocycles. The van der Waals surface area contributed by atoms with Crippen molar-refractivity contribution in [2.75, 3.05) is 0 Å². The summed E-state index contributed by atoms with van der Waals surface area (Å²) in [4.78, 5) is 1.50. The lowest BCUT2D eigenvalue weighted by atomic mass is 9.95. The summed E-state index contributed by atoms with van der Waals surface area (Å²) in [6, 6.07) is 2.43. The van der Waals surface area contributed by atoms with Crippen molar-refractivity contribution >= 4 is 11.3 Å². The van der Waals surface area contributed by atoms with Crippen molar-refractivity contribution in [3.05, 3.63) is 21.9 Å². The molecule has 0 radical (unpaired) electrons. The quantitative estimate of drug-likeness (QED) is 0.626. The Hall–Kier alpha value is -0.380. The van der Waals surface area contributed by atoms with Gasteiger partial charge in [-0.15, -0.1) is 11.3 Å². The number of aryl methyl sites for hydroxylation is 1. The average molecular weight is 169 g/mol. The molecule has 1 heterocycles. The van der Waals surface area contributed by atoms with Crippen LogP contribution in [0.3, 0.4) is 0 Å². The van der Waals surface area contributed by atoms with Crippen molar-refractivity contribution in [3.8, 4) is 0 Å². The van der Waals surface area contributed by atoms with E-state index in [-0.39, 0.29) is 6.04 Å². The van der Waals surface area contributed by atoms with E-state index in [2.05, 4.69) is 16.9 Å². The van der Waals surface area contributed by atoms with Crippen molar-refractivity contribution in [2.24, 2.45) is 0 Å². The minimum Gasteiger partial charge on any atom is -0.317 e. The van der Waals surface area contributed by atoms with E-state index in [9.17, 15) is 0 Å². The summed E-state index contributed by atoms with van der Waals surface area (Å²) < 4.78 is 0. The van der Waals surface area contributed by atoms with Crippen LogP contribution in [0.4, 0.5) is 0 Å². The predicted molar refractivity (Wildman–Crippen MR) is 45.1 cm³/mol. The standard InChI is InChI=1S/C8H11NOS/c10-9-7-1-2-8-6(5-7)3-4-11-8/h3-4,7,9-10H,1-2,5H2. The number of rotatable bonds is 1. The highest BCUT2D eigenvalue weighted by Gasteiger charge is 2.17. The molecule has 2 rings (SSSR count). The number of hydroxylamine groups is 1. The van der Waals surface area contributed by atoms with Crippen LogP contribution in [-0.4, -0.2) is 11.2 Å². The van der Waals surface area contributed by atoms with Gasteiger partial charge in [-0.1, -0.05) is 0 Å². The van der Waals surface area contributed by atoms with E-state index in [4.69, 9.17) is 5.21 Å². The first-order valence-electron chi connectivity index (χ1n) is 3.85. The zero-order chi connectivity index (χ0) is 7.68. The van der Waals surface area contributed by atoms with Crippen molar-refractivity contribution < 1.29 is 5.21 Å². The van der Waals surface area contributed by atoms with Gasteiger partial charge >= 0.3 is 0 Å². The summed E-state index contributed by atoms with van der Waals surface area (Å²) >= 11 is 1.83. The lowest BCUT2D eigenvalue weighted by Crippen LogP contribution is -2.31. The van der Waals surface area contributed by atoms with Gasteiger partial charge in [-0.05, 0) is 36.3 Å². The number of hydrogen-bond acceptors (Lipinski definition) is 3. The molecule has 2 nitrogen and oxygen atoms in total. The van der Waals surface area contributed by atoms with Crippen LogP contribution in [0.25, 0.3) is 0 Å². The third-order valence-corrected chi connectivity index (χ3v) is 3.23. The molecule has 0 aliphatic heterocycles. The predicted octanol–water partition coefficient (Wildman–Crippen LogP) is 1.58. The average Bonchev–Trinajstić information content (AvgIpc) is 2.50. The molecule has 1 aliphatic carbocycles. The molecule has 0 bridgehead atoms. The van der Waals surface area contributed by atoms with Crippen LogP contribution in [0.15, 0.2) is 11.4 Å². The minimum atomic E-state index is 0.275. The SMILES string of the molecule is ONC1CCc2sccc2C1. The Morgan fingerprint density at radius 3 is 3.36 bits per heavy atom. The van der Waals surface area contributed by atoms with Gasteiger partial charge in [0, 0.05) is 10.9 Å². The van der Waals surface area contributed by atoms with Gasteiger partial charge in [-0.25, -0.2) is 5.48 Å². The largest absolute Gasteiger partial charge is 0.317 e. The molecular formula is C8H11NOS. The van der Waals surface area contributed by atoms with E-state index < -0.39 is 0 Å². The molecule has 0 fully saturated rings. The Morgan fingerprint density at radius 1 is 1.64 bits per heavy atom. The molecule has 11 heavy (non-hydrogen) atoms. The number of nitrogens with one attached hydrogen (secondary N) is 1. The second-order valence-electron chi connectivity index (χ2n) is 2.94. The second kappa shape index (κ2) is 2.93. The molecule has 60 valence electrons. The van der Waals surface area contributed by atoms with Crippen LogP contribution in [0.1, 0.15) is 16.9 Å². The van der Waals surface area contributed by atoms with Crippen molar-refractivity contribution in [1.29, 1.82) is 0 Å². The Kier molecular flexibility index (Phi) is 1.94. The number of fused-ring (bicyclic) bond motifs is 1. The molecule has 0 spiro atoms. The molecule has 0 saturated carbocycles. The van der Waals surface area contributed by atoms with E-state index in [0.717, 1.165) is 19.3 Å². The van der Waals surface area contributed by atoms with Gasteiger partial charge in [-0.3, -0.25) is 0 Å². The van der Waals surface area contributed by atoms with Crippen molar-refractivity contribution in [1.82, 2.24) is 5.48 Å². The van der Waals surface area contributed by atoms with Crippen LogP contribution < -0.4 is 5.48 Å². The normalized spacial score (nSPS) is 23.2. The highest BCUT2D eigenvalue weighted by molar-refractivity contribution is 7.10. The molecule has 0 saturated heterocycles. The lowest BCUT2D eigenvalue weighted by molar-refractivity contribution is 0.119. The molecule has 1 unspecified atom stereocenters. The van der Waals surface area contributed by atoms with Gasteiger partial charge in [0.1, 0.15) is 0 Å². The highest BCUT2D eigenvalue weighted by Crippen LogP contribution is 2.25. The molecule has 3 heteroatoms. The maximum atomic E-state index is 8.71. The topological polar surface area (TPSA) is 32.3 Å². The smallest absolute Gasteiger partial charge is 0.0363 e. The van der Waals surface area contributed by atoms with Gasteiger partial charge in [0.2, 0.25) is 0 Å². The van der Waals surface area contributed by atoms with E-state index in [1.165, 1.54) is 10.4 Å². The van der Waals surface area contributed by atoms with E-state index in [0.29, 0.717) is 0 Å².